The van der Waals surface area contributed by atoms with Gasteiger partial charge in [0.15, 0.2) is 5.65 Å². The van der Waals surface area contributed by atoms with Gasteiger partial charge in [-0.1, -0.05) is 12.1 Å². The smallest absolute Gasteiger partial charge is 0.181 e. The van der Waals surface area contributed by atoms with Gasteiger partial charge in [-0.25, -0.2) is 4.98 Å². The molecule has 0 aliphatic carbocycles. The number of fused-ring (bicyclic) bond motifs is 2. The molecule has 0 spiro atoms. The molecule has 2 N–H and O–H groups in total. The van der Waals surface area contributed by atoms with Gasteiger partial charge in [-0.2, -0.15) is 5.10 Å². The molecule has 31 heavy (non-hydrogen) atoms. The van der Waals surface area contributed by atoms with Gasteiger partial charge in [0.1, 0.15) is 0 Å². The van der Waals surface area contributed by atoms with Crippen molar-refractivity contribution in [1.29, 1.82) is 0 Å². The number of pyridine rings is 3. The Balaban J connectivity index is 1.52. The van der Waals surface area contributed by atoms with E-state index in [0.29, 0.717) is 5.65 Å². The summed E-state index contributed by atoms with van der Waals surface area (Å²) in [5, 5.41) is 9.72. The zero-order valence-corrected chi connectivity index (χ0v) is 16.8. The molecule has 5 aromatic heterocycles. The SMILES string of the molecule is Cc1ccncc1-c1cnc2n[nH]c(-c3cc4c(-c5ccncc5)cccc4[nH]3)c2c1. The maximum absolute atomic E-state index is 4.57. The van der Waals surface area contributed by atoms with Crippen LogP contribution in [0.15, 0.2) is 79.5 Å². The van der Waals surface area contributed by atoms with E-state index in [1.165, 1.54) is 0 Å². The molecule has 6 nitrogen and oxygen atoms in total. The van der Waals surface area contributed by atoms with Crippen LogP contribution in [0.25, 0.3) is 55.6 Å². The lowest BCUT2D eigenvalue weighted by Gasteiger charge is -2.04. The minimum absolute atomic E-state index is 0.688. The normalized spacial score (nSPS) is 11.4. The zero-order chi connectivity index (χ0) is 20.8. The van der Waals surface area contributed by atoms with Crippen molar-refractivity contribution in [3.8, 4) is 33.6 Å². The minimum atomic E-state index is 0.688. The molecule has 6 aromatic rings. The van der Waals surface area contributed by atoms with Gasteiger partial charge in [-0.05, 0) is 60.0 Å². The first-order valence-electron chi connectivity index (χ1n) is 10.1. The van der Waals surface area contributed by atoms with Gasteiger partial charge >= 0.3 is 0 Å². The molecule has 6 heteroatoms. The number of aromatic amines is 2. The van der Waals surface area contributed by atoms with Crippen molar-refractivity contribution in [2.45, 2.75) is 6.92 Å². The summed E-state index contributed by atoms with van der Waals surface area (Å²) in [5.74, 6) is 0. The fourth-order valence-electron chi connectivity index (χ4n) is 4.09. The van der Waals surface area contributed by atoms with E-state index < -0.39 is 0 Å². The van der Waals surface area contributed by atoms with Gasteiger partial charge in [0.05, 0.1) is 11.4 Å². The number of nitrogens with one attached hydrogen (secondary N) is 2. The maximum Gasteiger partial charge on any atom is 0.181 e. The standard InChI is InChI=1S/C25H18N6/c1-15-5-8-27-14-21(15)17-11-20-24(30-31-25(20)28-13-17)23-12-19-18(3-2-4-22(19)29-23)16-6-9-26-10-7-16/h2-14,29H,1H3,(H,28,30,31). The fourth-order valence-corrected chi connectivity index (χ4v) is 4.09. The van der Waals surface area contributed by atoms with E-state index in [-0.39, 0.29) is 0 Å². The summed E-state index contributed by atoms with van der Waals surface area (Å²) in [4.78, 5) is 16.5. The lowest BCUT2D eigenvalue weighted by atomic mass is 10.0. The third-order valence-electron chi connectivity index (χ3n) is 5.68. The molecule has 0 atom stereocenters. The van der Waals surface area contributed by atoms with E-state index in [1.807, 2.05) is 43.0 Å². The predicted molar refractivity (Wildman–Crippen MR) is 122 cm³/mol. The number of aromatic nitrogens is 6. The van der Waals surface area contributed by atoms with Gasteiger partial charge in [0.2, 0.25) is 0 Å². The van der Waals surface area contributed by atoms with Gasteiger partial charge in [-0.3, -0.25) is 15.1 Å². The van der Waals surface area contributed by atoms with E-state index in [9.17, 15) is 0 Å². The zero-order valence-electron chi connectivity index (χ0n) is 16.8. The third-order valence-corrected chi connectivity index (χ3v) is 5.68. The molecule has 0 aliphatic rings. The van der Waals surface area contributed by atoms with Gasteiger partial charge in [0, 0.05) is 58.4 Å². The maximum atomic E-state index is 4.57. The summed E-state index contributed by atoms with van der Waals surface area (Å²) in [5.41, 5.74) is 9.20. The molecule has 0 saturated carbocycles. The highest BCUT2D eigenvalue weighted by Gasteiger charge is 2.15. The molecule has 0 bridgehead atoms. The molecule has 6 rings (SSSR count). The van der Waals surface area contributed by atoms with Crippen molar-refractivity contribution in [2.75, 3.05) is 0 Å². The Bertz CT molecular complexity index is 1550. The molecule has 5 heterocycles. The molecule has 0 radical (unpaired) electrons. The van der Waals surface area contributed by atoms with Gasteiger partial charge in [0.25, 0.3) is 0 Å². The van der Waals surface area contributed by atoms with E-state index in [0.717, 1.165) is 55.5 Å². The van der Waals surface area contributed by atoms with Gasteiger partial charge in [-0.15, -0.1) is 0 Å². The van der Waals surface area contributed by atoms with Crippen molar-refractivity contribution in [3.05, 3.63) is 85.1 Å². The molecule has 0 aliphatic heterocycles. The average molecular weight is 402 g/mol. The first-order valence-corrected chi connectivity index (χ1v) is 10.1. The number of H-pyrrole nitrogens is 2. The lowest BCUT2D eigenvalue weighted by molar-refractivity contribution is 1.10. The molecule has 1 aromatic carbocycles. The summed E-state index contributed by atoms with van der Waals surface area (Å²) in [6.07, 6.45) is 9.17. The monoisotopic (exact) mass is 402 g/mol. The molecule has 0 amide bonds. The van der Waals surface area contributed by atoms with Crippen molar-refractivity contribution in [3.63, 3.8) is 0 Å². The third kappa shape index (κ3) is 2.88. The summed E-state index contributed by atoms with van der Waals surface area (Å²) in [6.45, 7) is 2.08. The Morgan fingerprint density at radius 1 is 0.774 bits per heavy atom. The van der Waals surface area contributed by atoms with Crippen molar-refractivity contribution >= 4 is 21.9 Å². The summed E-state index contributed by atoms with van der Waals surface area (Å²) >= 11 is 0. The molecule has 0 unspecified atom stereocenters. The number of hydrogen-bond acceptors (Lipinski definition) is 4. The molecule has 148 valence electrons. The predicted octanol–water partition coefficient (Wildman–Crippen LogP) is 5.54. The Labute approximate surface area is 178 Å². The summed E-state index contributed by atoms with van der Waals surface area (Å²) in [7, 11) is 0. The number of aryl methyl sites for hydroxylation is 1. The summed E-state index contributed by atoms with van der Waals surface area (Å²) < 4.78 is 0. The number of rotatable bonds is 3. The molecular weight excluding hydrogens is 384 g/mol. The van der Waals surface area contributed by atoms with Crippen LogP contribution in [-0.2, 0) is 0 Å². The fraction of sp³-hybridized carbons (Fsp3) is 0.0400. The van der Waals surface area contributed by atoms with Crippen LogP contribution in [-0.4, -0.2) is 30.1 Å². The number of nitrogens with zero attached hydrogens (tertiary/aromatic N) is 4. The largest absolute Gasteiger partial charge is 0.353 e. The highest BCUT2D eigenvalue weighted by molar-refractivity contribution is 6.01. The molecular formula is C25H18N6. The number of hydrogen-bond donors (Lipinski definition) is 2. The Morgan fingerprint density at radius 2 is 1.65 bits per heavy atom. The average Bonchev–Trinajstić information content (AvgIpc) is 3.43. The van der Waals surface area contributed by atoms with Crippen LogP contribution < -0.4 is 0 Å². The Hall–Kier alpha value is -4.32. The topological polar surface area (TPSA) is 83.1 Å². The van der Waals surface area contributed by atoms with Gasteiger partial charge < -0.3 is 4.98 Å². The van der Waals surface area contributed by atoms with Crippen molar-refractivity contribution in [2.24, 2.45) is 0 Å². The van der Waals surface area contributed by atoms with Crippen LogP contribution in [0.1, 0.15) is 5.56 Å². The van der Waals surface area contributed by atoms with Crippen molar-refractivity contribution in [1.82, 2.24) is 30.1 Å². The minimum Gasteiger partial charge on any atom is -0.353 e. The van der Waals surface area contributed by atoms with Crippen molar-refractivity contribution < 1.29 is 0 Å². The van der Waals surface area contributed by atoms with Crippen LogP contribution in [0.2, 0.25) is 0 Å². The molecule has 0 fully saturated rings. The Morgan fingerprint density at radius 3 is 2.52 bits per heavy atom. The second kappa shape index (κ2) is 6.88. The van der Waals surface area contributed by atoms with E-state index in [2.05, 4.69) is 67.4 Å². The first-order chi connectivity index (χ1) is 15.3. The highest BCUT2D eigenvalue weighted by atomic mass is 15.2. The van der Waals surface area contributed by atoms with E-state index in [1.54, 1.807) is 6.20 Å². The number of benzene rings is 1. The van der Waals surface area contributed by atoms with Crippen LogP contribution in [0.4, 0.5) is 0 Å². The summed E-state index contributed by atoms with van der Waals surface area (Å²) in [6, 6.07) is 16.6. The van der Waals surface area contributed by atoms with Crippen LogP contribution >= 0.6 is 0 Å². The second-order valence-electron chi connectivity index (χ2n) is 7.57. The lowest BCUT2D eigenvalue weighted by Crippen LogP contribution is -1.87. The molecule has 0 saturated heterocycles. The highest BCUT2D eigenvalue weighted by Crippen LogP contribution is 2.34. The van der Waals surface area contributed by atoms with E-state index >= 15 is 0 Å². The second-order valence-corrected chi connectivity index (χ2v) is 7.57. The van der Waals surface area contributed by atoms with Crippen LogP contribution in [0.5, 0.6) is 0 Å². The van der Waals surface area contributed by atoms with Crippen LogP contribution in [0.3, 0.4) is 0 Å². The Kier molecular flexibility index (Phi) is 3.89. The first kappa shape index (κ1) is 17.5. The van der Waals surface area contributed by atoms with E-state index in [4.69, 9.17) is 0 Å². The quantitative estimate of drug-likeness (QED) is 0.407. The van der Waals surface area contributed by atoms with Crippen LogP contribution in [0, 0.1) is 6.92 Å².